The molecule has 1 heterocycles. The van der Waals surface area contributed by atoms with Crippen molar-refractivity contribution in [1.82, 2.24) is 5.32 Å². The summed E-state index contributed by atoms with van der Waals surface area (Å²) in [6, 6.07) is 15.3. The van der Waals surface area contributed by atoms with Crippen LogP contribution in [0.5, 0.6) is 11.5 Å². The van der Waals surface area contributed by atoms with Crippen molar-refractivity contribution in [3.8, 4) is 11.5 Å². The van der Waals surface area contributed by atoms with Crippen LogP contribution in [-0.4, -0.2) is 6.79 Å². The number of hydrogen-bond donors (Lipinski definition) is 1. The van der Waals surface area contributed by atoms with Crippen LogP contribution >= 0.6 is 0 Å². The number of fused-ring (bicyclic) bond motifs is 1. The molecule has 0 saturated heterocycles. The van der Waals surface area contributed by atoms with Crippen LogP contribution in [0.4, 0.5) is 0 Å². The van der Waals surface area contributed by atoms with E-state index in [2.05, 4.69) is 62.5 Å². The van der Waals surface area contributed by atoms with Gasteiger partial charge in [0, 0.05) is 12.1 Å². The second-order valence-corrected chi connectivity index (χ2v) is 5.63. The Bertz CT molecular complexity index is 622. The molecule has 2 atom stereocenters. The molecule has 1 aliphatic rings. The molecule has 0 saturated carbocycles. The molecular weight excluding hydrogens is 262 g/mol. The third-order valence-electron chi connectivity index (χ3n) is 3.97. The second-order valence-electron chi connectivity index (χ2n) is 5.63. The first-order valence-corrected chi connectivity index (χ1v) is 7.35. The van der Waals surface area contributed by atoms with E-state index in [0.29, 0.717) is 12.8 Å². The molecule has 0 amide bonds. The van der Waals surface area contributed by atoms with Gasteiger partial charge in [0.2, 0.25) is 6.79 Å². The van der Waals surface area contributed by atoms with Crippen molar-refractivity contribution in [2.45, 2.75) is 32.9 Å². The molecule has 2 aromatic rings. The van der Waals surface area contributed by atoms with E-state index in [1.54, 1.807) is 0 Å². The van der Waals surface area contributed by atoms with Crippen LogP contribution in [0, 0.1) is 6.92 Å². The van der Waals surface area contributed by atoms with Gasteiger partial charge in [0.1, 0.15) is 0 Å². The quantitative estimate of drug-likeness (QED) is 0.915. The SMILES string of the molecule is Cc1ccc([C@@H](C)NC(C)c2ccc3c(c2)OCO3)cc1. The second kappa shape index (κ2) is 5.78. The Morgan fingerprint density at radius 1 is 0.857 bits per heavy atom. The Morgan fingerprint density at radius 3 is 2.24 bits per heavy atom. The summed E-state index contributed by atoms with van der Waals surface area (Å²) in [5.41, 5.74) is 3.79. The van der Waals surface area contributed by atoms with E-state index in [9.17, 15) is 0 Å². The first kappa shape index (κ1) is 14.0. The fourth-order valence-electron chi connectivity index (χ4n) is 2.61. The molecule has 1 N–H and O–H groups in total. The van der Waals surface area contributed by atoms with Crippen LogP contribution in [-0.2, 0) is 0 Å². The summed E-state index contributed by atoms with van der Waals surface area (Å²) < 4.78 is 10.8. The van der Waals surface area contributed by atoms with Gasteiger partial charge >= 0.3 is 0 Å². The summed E-state index contributed by atoms with van der Waals surface area (Å²) in [5, 5.41) is 3.63. The Morgan fingerprint density at radius 2 is 1.48 bits per heavy atom. The van der Waals surface area contributed by atoms with Crippen LogP contribution in [0.1, 0.15) is 42.6 Å². The number of nitrogens with one attached hydrogen (secondary N) is 1. The molecule has 3 nitrogen and oxygen atoms in total. The molecule has 21 heavy (non-hydrogen) atoms. The van der Waals surface area contributed by atoms with Crippen LogP contribution in [0.25, 0.3) is 0 Å². The Balaban J connectivity index is 1.70. The number of ether oxygens (including phenoxy) is 2. The third-order valence-corrected chi connectivity index (χ3v) is 3.97. The van der Waals surface area contributed by atoms with Crippen molar-refractivity contribution >= 4 is 0 Å². The molecule has 3 heteroatoms. The first-order valence-electron chi connectivity index (χ1n) is 7.35. The lowest BCUT2D eigenvalue weighted by atomic mass is 10.0. The van der Waals surface area contributed by atoms with E-state index in [1.165, 1.54) is 16.7 Å². The van der Waals surface area contributed by atoms with Gasteiger partial charge in [-0.15, -0.1) is 0 Å². The first-order chi connectivity index (χ1) is 10.1. The van der Waals surface area contributed by atoms with Gasteiger partial charge in [-0.05, 0) is 44.0 Å². The average Bonchev–Trinajstić information content (AvgIpc) is 2.95. The maximum Gasteiger partial charge on any atom is 0.231 e. The molecule has 0 radical (unpaired) electrons. The third kappa shape index (κ3) is 3.03. The lowest BCUT2D eigenvalue weighted by Crippen LogP contribution is -2.22. The van der Waals surface area contributed by atoms with Gasteiger partial charge < -0.3 is 14.8 Å². The summed E-state index contributed by atoms with van der Waals surface area (Å²) in [5.74, 6) is 1.67. The standard InChI is InChI=1S/C18H21NO2/c1-12-4-6-15(7-5-12)13(2)19-14(3)16-8-9-17-18(10-16)21-11-20-17/h4-10,13-14,19H,11H2,1-3H3/t13-,14?/m1/s1. The topological polar surface area (TPSA) is 30.5 Å². The molecule has 1 unspecified atom stereocenters. The predicted octanol–water partition coefficient (Wildman–Crippen LogP) is 4.14. The lowest BCUT2D eigenvalue weighted by molar-refractivity contribution is 0.174. The molecule has 3 rings (SSSR count). The Hall–Kier alpha value is -2.00. The van der Waals surface area contributed by atoms with Gasteiger partial charge in [-0.3, -0.25) is 0 Å². The maximum atomic E-state index is 5.44. The lowest BCUT2D eigenvalue weighted by Gasteiger charge is -2.21. The summed E-state index contributed by atoms with van der Waals surface area (Å²) in [4.78, 5) is 0. The number of hydrogen-bond acceptors (Lipinski definition) is 3. The zero-order chi connectivity index (χ0) is 14.8. The average molecular weight is 283 g/mol. The zero-order valence-electron chi connectivity index (χ0n) is 12.7. The molecule has 0 aliphatic carbocycles. The van der Waals surface area contributed by atoms with Crippen LogP contribution in [0.3, 0.4) is 0 Å². The van der Waals surface area contributed by atoms with Gasteiger partial charge in [0.05, 0.1) is 0 Å². The van der Waals surface area contributed by atoms with E-state index in [-0.39, 0.29) is 6.04 Å². The summed E-state index contributed by atoms with van der Waals surface area (Å²) in [6.07, 6.45) is 0. The largest absolute Gasteiger partial charge is 0.454 e. The highest BCUT2D eigenvalue weighted by Gasteiger charge is 2.17. The predicted molar refractivity (Wildman–Crippen MR) is 83.7 cm³/mol. The van der Waals surface area contributed by atoms with Gasteiger partial charge in [0.25, 0.3) is 0 Å². The zero-order valence-corrected chi connectivity index (χ0v) is 12.7. The van der Waals surface area contributed by atoms with Crippen LogP contribution < -0.4 is 14.8 Å². The van der Waals surface area contributed by atoms with E-state index in [1.807, 2.05) is 6.07 Å². The summed E-state index contributed by atoms with van der Waals surface area (Å²) in [7, 11) is 0. The minimum Gasteiger partial charge on any atom is -0.454 e. The van der Waals surface area contributed by atoms with Crippen LogP contribution in [0.2, 0.25) is 0 Å². The van der Waals surface area contributed by atoms with E-state index in [0.717, 1.165) is 11.5 Å². The van der Waals surface area contributed by atoms with E-state index >= 15 is 0 Å². The van der Waals surface area contributed by atoms with E-state index < -0.39 is 0 Å². The highest BCUT2D eigenvalue weighted by atomic mass is 16.7. The van der Waals surface area contributed by atoms with Crippen molar-refractivity contribution in [2.24, 2.45) is 0 Å². The van der Waals surface area contributed by atoms with Crippen molar-refractivity contribution in [3.63, 3.8) is 0 Å². The van der Waals surface area contributed by atoms with E-state index in [4.69, 9.17) is 9.47 Å². The smallest absolute Gasteiger partial charge is 0.231 e. The minimum absolute atomic E-state index is 0.246. The monoisotopic (exact) mass is 283 g/mol. The number of benzene rings is 2. The Labute approximate surface area is 125 Å². The van der Waals surface area contributed by atoms with Crippen LogP contribution in [0.15, 0.2) is 42.5 Å². The molecular formula is C18H21NO2. The fourth-order valence-corrected chi connectivity index (χ4v) is 2.61. The van der Waals surface area contributed by atoms with Gasteiger partial charge in [0.15, 0.2) is 11.5 Å². The molecule has 110 valence electrons. The normalized spacial score (nSPS) is 15.8. The van der Waals surface area contributed by atoms with Gasteiger partial charge in [-0.2, -0.15) is 0 Å². The fraction of sp³-hybridized carbons (Fsp3) is 0.333. The van der Waals surface area contributed by atoms with Crippen molar-refractivity contribution in [2.75, 3.05) is 6.79 Å². The maximum absolute atomic E-state index is 5.44. The number of aryl methyl sites for hydroxylation is 1. The van der Waals surface area contributed by atoms with Gasteiger partial charge in [-0.25, -0.2) is 0 Å². The number of rotatable bonds is 4. The summed E-state index contributed by atoms with van der Waals surface area (Å²) >= 11 is 0. The molecule has 1 aliphatic heterocycles. The summed E-state index contributed by atoms with van der Waals surface area (Å²) in [6.45, 7) is 6.79. The Kier molecular flexibility index (Phi) is 3.84. The highest BCUT2D eigenvalue weighted by molar-refractivity contribution is 5.45. The minimum atomic E-state index is 0.246. The molecule has 0 bridgehead atoms. The van der Waals surface area contributed by atoms with Gasteiger partial charge in [-0.1, -0.05) is 35.9 Å². The van der Waals surface area contributed by atoms with Crippen molar-refractivity contribution in [3.05, 3.63) is 59.2 Å². The van der Waals surface area contributed by atoms with Crippen molar-refractivity contribution < 1.29 is 9.47 Å². The molecule has 0 aromatic heterocycles. The highest BCUT2D eigenvalue weighted by Crippen LogP contribution is 2.34. The molecule has 0 fully saturated rings. The van der Waals surface area contributed by atoms with Crippen molar-refractivity contribution in [1.29, 1.82) is 0 Å². The molecule has 0 spiro atoms. The molecule has 2 aromatic carbocycles.